The van der Waals surface area contributed by atoms with Crippen molar-refractivity contribution in [2.24, 2.45) is 0 Å². The zero-order chi connectivity index (χ0) is 10.5. The average molecular weight is 221 g/mol. The van der Waals surface area contributed by atoms with Crippen LogP contribution in [0, 0.1) is 0 Å². The highest BCUT2D eigenvalue weighted by molar-refractivity contribution is 7.09. The van der Waals surface area contributed by atoms with Gasteiger partial charge in [0.25, 0.3) is 5.56 Å². The van der Waals surface area contributed by atoms with Gasteiger partial charge in [0.15, 0.2) is 0 Å². The molecule has 0 aliphatic rings. The van der Waals surface area contributed by atoms with Crippen LogP contribution >= 0.6 is 11.3 Å². The largest absolute Gasteiger partial charge is 0.369 e. The molecule has 5 heteroatoms. The summed E-state index contributed by atoms with van der Waals surface area (Å²) in [7, 11) is 0. The molecule has 0 bridgehead atoms. The molecule has 0 saturated heterocycles. The van der Waals surface area contributed by atoms with Crippen molar-refractivity contribution < 1.29 is 0 Å². The quantitative estimate of drug-likeness (QED) is 0.822. The maximum Gasteiger partial charge on any atom is 0.252 e. The summed E-state index contributed by atoms with van der Waals surface area (Å²) in [5.41, 5.74) is -0.136. The number of hydrogen-bond acceptors (Lipinski definition) is 4. The second-order valence-corrected chi connectivity index (χ2v) is 4.08. The Hall–Kier alpha value is -1.62. The van der Waals surface area contributed by atoms with Gasteiger partial charge in [-0.1, -0.05) is 6.07 Å². The Kier molecular flexibility index (Phi) is 3.14. The lowest BCUT2D eigenvalue weighted by atomic mass is 10.3. The highest BCUT2D eigenvalue weighted by Crippen LogP contribution is 2.08. The van der Waals surface area contributed by atoms with E-state index in [-0.39, 0.29) is 5.56 Å². The molecule has 0 atom stereocenters. The summed E-state index contributed by atoms with van der Waals surface area (Å²) in [6.45, 7) is 0.789. The van der Waals surface area contributed by atoms with E-state index in [4.69, 9.17) is 0 Å². The molecule has 78 valence electrons. The predicted molar refractivity (Wildman–Crippen MR) is 61.4 cm³/mol. The molecule has 0 aliphatic carbocycles. The van der Waals surface area contributed by atoms with Gasteiger partial charge in [0, 0.05) is 17.5 Å². The number of aromatic nitrogens is 2. The Morgan fingerprint density at radius 1 is 1.53 bits per heavy atom. The van der Waals surface area contributed by atoms with Crippen LogP contribution in [-0.2, 0) is 6.42 Å². The fourth-order valence-corrected chi connectivity index (χ4v) is 1.94. The monoisotopic (exact) mass is 221 g/mol. The zero-order valence-corrected chi connectivity index (χ0v) is 8.88. The summed E-state index contributed by atoms with van der Waals surface area (Å²) in [4.78, 5) is 18.7. The predicted octanol–water partition coefficient (Wildman–Crippen LogP) is 1.49. The van der Waals surface area contributed by atoms with E-state index in [0.717, 1.165) is 13.0 Å². The Morgan fingerprint density at radius 3 is 3.20 bits per heavy atom. The van der Waals surface area contributed by atoms with Crippen molar-refractivity contribution in [1.82, 2.24) is 9.97 Å². The number of thiophene rings is 1. The number of aromatic amines is 1. The van der Waals surface area contributed by atoms with E-state index in [1.807, 2.05) is 6.07 Å². The van der Waals surface area contributed by atoms with E-state index >= 15 is 0 Å². The molecule has 2 aromatic rings. The van der Waals surface area contributed by atoms with Crippen LogP contribution in [0.25, 0.3) is 0 Å². The number of rotatable bonds is 4. The van der Waals surface area contributed by atoms with E-state index in [1.165, 1.54) is 17.3 Å². The molecule has 0 saturated carbocycles. The van der Waals surface area contributed by atoms with Crippen molar-refractivity contribution in [2.45, 2.75) is 6.42 Å². The van der Waals surface area contributed by atoms with Crippen LogP contribution in [0.3, 0.4) is 0 Å². The molecule has 0 spiro atoms. The van der Waals surface area contributed by atoms with E-state index in [2.05, 4.69) is 26.7 Å². The molecule has 0 unspecified atom stereocenters. The lowest BCUT2D eigenvalue weighted by molar-refractivity contribution is 1.01. The van der Waals surface area contributed by atoms with Gasteiger partial charge in [0.05, 0.1) is 6.33 Å². The molecule has 15 heavy (non-hydrogen) atoms. The second-order valence-electron chi connectivity index (χ2n) is 3.05. The smallest absolute Gasteiger partial charge is 0.252 e. The second kappa shape index (κ2) is 4.75. The Morgan fingerprint density at radius 2 is 2.47 bits per heavy atom. The lowest BCUT2D eigenvalue weighted by Crippen LogP contribution is -2.10. The first kappa shape index (κ1) is 9.92. The van der Waals surface area contributed by atoms with Crippen molar-refractivity contribution in [3.63, 3.8) is 0 Å². The molecule has 2 N–H and O–H groups in total. The molecule has 4 nitrogen and oxygen atoms in total. The van der Waals surface area contributed by atoms with Crippen LogP contribution in [0.2, 0.25) is 0 Å². The first-order valence-corrected chi connectivity index (χ1v) is 5.53. The third kappa shape index (κ3) is 2.92. The van der Waals surface area contributed by atoms with Crippen LogP contribution in [0.1, 0.15) is 4.88 Å². The van der Waals surface area contributed by atoms with Crippen LogP contribution in [0.5, 0.6) is 0 Å². The number of hydrogen-bond donors (Lipinski definition) is 2. The third-order valence-electron chi connectivity index (χ3n) is 1.94. The number of nitrogens with zero attached hydrogens (tertiary/aromatic N) is 1. The highest BCUT2D eigenvalue weighted by Gasteiger charge is 1.95. The van der Waals surface area contributed by atoms with Crippen molar-refractivity contribution in [1.29, 1.82) is 0 Å². The molecule has 0 aromatic carbocycles. The standard InChI is InChI=1S/C10H11N3OS/c14-10-6-9(12-7-13-10)11-4-3-8-2-1-5-15-8/h1-2,5-7H,3-4H2,(H2,11,12,13,14). The van der Waals surface area contributed by atoms with Crippen LogP contribution in [0.4, 0.5) is 5.82 Å². The molecule has 0 aliphatic heterocycles. The fraction of sp³-hybridized carbons (Fsp3) is 0.200. The number of anilines is 1. The summed E-state index contributed by atoms with van der Waals surface area (Å²) >= 11 is 1.73. The van der Waals surface area contributed by atoms with Gasteiger partial charge in [-0.05, 0) is 17.9 Å². The van der Waals surface area contributed by atoms with Crippen molar-refractivity contribution in [2.75, 3.05) is 11.9 Å². The molecule has 0 fully saturated rings. The van der Waals surface area contributed by atoms with E-state index in [9.17, 15) is 4.79 Å². The van der Waals surface area contributed by atoms with Crippen molar-refractivity contribution in [3.8, 4) is 0 Å². The Bertz CT molecular complexity index is 464. The highest BCUT2D eigenvalue weighted by atomic mass is 32.1. The minimum atomic E-state index is -0.136. The molecule has 2 heterocycles. The normalized spacial score (nSPS) is 10.1. The first-order valence-electron chi connectivity index (χ1n) is 4.65. The number of nitrogens with one attached hydrogen (secondary N) is 2. The molecule has 0 radical (unpaired) electrons. The average Bonchev–Trinajstić information content (AvgIpc) is 2.71. The minimum absolute atomic E-state index is 0.136. The van der Waals surface area contributed by atoms with Crippen molar-refractivity contribution >= 4 is 17.2 Å². The summed E-state index contributed by atoms with van der Waals surface area (Å²) < 4.78 is 0. The topological polar surface area (TPSA) is 57.8 Å². The maximum atomic E-state index is 10.9. The van der Waals surface area contributed by atoms with E-state index in [1.54, 1.807) is 11.3 Å². The maximum absolute atomic E-state index is 10.9. The number of H-pyrrole nitrogens is 1. The van der Waals surface area contributed by atoms with Gasteiger partial charge in [-0.3, -0.25) is 4.79 Å². The van der Waals surface area contributed by atoms with Crippen molar-refractivity contribution in [3.05, 3.63) is 45.1 Å². The SMILES string of the molecule is O=c1cc(NCCc2cccs2)nc[nH]1. The third-order valence-corrected chi connectivity index (χ3v) is 2.87. The first-order chi connectivity index (χ1) is 7.34. The van der Waals surface area contributed by atoms with Gasteiger partial charge >= 0.3 is 0 Å². The van der Waals surface area contributed by atoms with E-state index in [0.29, 0.717) is 5.82 Å². The van der Waals surface area contributed by atoms with Gasteiger partial charge in [0.2, 0.25) is 0 Å². The van der Waals surface area contributed by atoms with Crippen LogP contribution in [-0.4, -0.2) is 16.5 Å². The van der Waals surface area contributed by atoms with Crippen LogP contribution in [0.15, 0.2) is 34.7 Å². The lowest BCUT2D eigenvalue weighted by Gasteiger charge is -2.02. The van der Waals surface area contributed by atoms with Gasteiger partial charge in [-0.25, -0.2) is 4.98 Å². The molecular weight excluding hydrogens is 210 g/mol. The minimum Gasteiger partial charge on any atom is -0.369 e. The molecule has 2 aromatic heterocycles. The summed E-state index contributed by atoms with van der Waals surface area (Å²) in [5, 5.41) is 5.16. The fourth-order valence-electron chi connectivity index (χ4n) is 1.23. The van der Waals surface area contributed by atoms with E-state index < -0.39 is 0 Å². The Labute approximate surface area is 91.0 Å². The molecular formula is C10H11N3OS. The van der Waals surface area contributed by atoms with Gasteiger partial charge in [-0.15, -0.1) is 11.3 Å². The zero-order valence-electron chi connectivity index (χ0n) is 8.06. The van der Waals surface area contributed by atoms with Gasteiger partial charge in [0.1, 0.15) is 5.82 Å². The summed E-state index contributed by atoms with van der Waals surface area (Å²) in [6, 6.07) is 5.58. The van der Waals surface area contributed by atoms with Gasteiger partial charge < -0.3 is 10.3 Å². The molecule has 0 amide bonds. The van der Waals surface area contributed by atoms with Crippen LogP contribution < -0.4 is 10.9 Å². The van der Waals surface area contributed by atoms with Gasteiger partial charge in [-0.2, -0.15) is 0 Å². The summed E-state index contributed by atoms with van der Waals surface area (Å²) in [6.07, 6.45) is 2.35. The molecule has 2 rings (SSSR count). The summed E-state index contributed by atoms with van der Waals surface area (Å²) in [5.74, 6) is 0.621. The Balaban J connectivity index is 1.86.